The average molecular weight is 325 g/mol. The van der Waals surface area contributed by atoms with Gasteiger partial charge >= 0.3 is 12.1 Å². The van der Waals surface area contributed by atoms with Crippen LogP contribution in [0.15, 0.2) is 0 Å². The minimum Gasteiger partial charge on any atom is -0.465 e. The molecule has 0 saturated carbocycles. The highest BCUT2D eigenvalue weighted by Crippen LogP contribution is 2.38. The van der Waals surface area contributed by atoms with E-state index in [9.17, 15) is 22.8 Å². The molecule has 0 atom stereocenters. The van der Waals surface area contributed by atoms with Gasteiger partial charge in [0.05, 0.1) is 19.2 Å². The Bertz CT molecular complexity index is 557. The number of amides is 1. The Balaban J connectivity index is 3.18. The molecule has 1 aromatic rings. The first kappa shape index (κ1) is 17.1. The van der Waals surface area contributed by atoms with Gasteiger partial charge in [0.25, 0.3) is 5.91 Å². The van der Waals surface area contributed by atoms with E-state index in [4.69, 9.17) is 11.5 Å². The zero-order chi connectivity index (χ0) is 16.4. The molecule has 0 unspecified atom stereocenters. The van der Waals surface area contributed by atoms with E-state index in [0.717, 1.165) is 18.4 Å². The van der Waals surface area contributed by atoms with Crippen LogP contribution in [0.1, 0.15) is 26.5 Å². The number of nitrogen functional groups attached to an aromatic ring is 1. The fourth-order valence-electron chi connectivity index (χ4n) is 1.58. The van der Waals surface area contributed by atoms with Gasteiger partial charge in [0, 0.05) is 13.6 Å². The third-order valence-electron chi connectivity index (χ3n) is 2.62. The number of rotatable bonds is 5. The van der Waals surface area contributed by atoms with Gasteiger partial charge in [0.1, 0.15) is 15.4 Å². The molecule has 0 aromatic carbocycles. The van der Waals surface area contributed by atoms with E-state index in [0.29, 0.717) is 0 Å². The number of halogens is 3. The molecule has 0 aliphatic rings. The summed E-state index contributed by atoms with van der Waals surface area (Å²) in [4.78, 5) is 24.0. The number of esters is 1. The lowest BCUT2D eigenvalue weighted by Crippen LogP contribution is -2.24. The number of methoxy groups -OCH3 is 1. The lowest BCUT2D eigenvalue weighted by atomic mass is 10.2. The average Bonchev–Trinajstić information content (AvgIpc) is 2.72. The molecule has 0 radical (unpaired) electrons. The minimum atomic E-state index is -4.34. The second-order valence-electron chi connectivity index (χ2n) is 4.17. The number of thiophene rings is 1. The molecule has 0 aliphatic carbocycles. The molecule has 1 rings (SSSR count). The number of alkyl halides is 3. The SMILES string of the molecule is COC(=O)c1c(N(C)CCC(F)(F)F)sc(C(N)=O)c1N. The molecular weight excluding hydrogens is 311 g/mol. The number of nitrogens with two attached hydrogens (primary N) is 2. The van der Waals surface area contributed by atoms with Gasteiger partial charge < -0.3 is 21.1 Å². The molecule has 1 heterocycles. The van der Waals surface area contributed by atoms with Crippen LogP contribution in [-0.4, -0.2) is 38.8 Å². The Morgan fingerprint density at radius 2 is 1.95 bits per heavy atom. The Labute approximate surface area is 122 Å². The van der Waals surface area contributed by atoms with Crippen molar-refractivity contribution in [2.45, 2.75) is 12.6 Å². The lowest BCUT2D eigenvalue weighted by Gasteiger charge is -2.19. The topological polar surface area (TPSA) is 98.6 Å². The van der Waals surface area contributed by atoms with Crippen LogP contribution < -0.4 is 16.4 Å². The van der Waals surface area contributed by atoms with E-state index in [2.05, 4.69) is 4.74 Å². The second kappa shape index (κ2) is 6.20. The summed E-state index contributed by atoms with van der Waals surface area (Å²) in [6, 6.07) is 0. The predicted molar refractivity (Wildman–Crippen MR) is 72.5 cm³/mol. The van der Waals surface area contributed by atoms with Gasteiger partial charge in [-0.05, 0) is 0 Å². The highest BCUT2D eigenvalue weighted by molar-refractivity contribution is 7.19. The van der Waals surface area contributed by atoms with Gasteiger partial charge in [-0.1, -0.05) is 0 Å². The summed E-state index contributed by atoms with van der Waals surface area (Å²) in [6.45, 7) is -0.397. The van der Waals surface area contributed by atoms with Crippen LogP contribution in [0.5, 0.6) is 0 Å². The van der Waals surface area contributed by atoms with Crippen LogP contribution in [0.4, 0.5) is 23.9 Å². The molecule has 118 valence electrons. The summed E-state index contributed by atoms with van der Waals surface area (Å²) in [5.41, 5.74) is 10.4. The Morgan fingerprint density at radius 1 is 1.38 bits per heavy atom. The fraction of sp³-hybridized carbons (Fsp3) is 0.455. The first-order valence-corrected chi connectivity index (χ1v) is 6.48. The van der Waals surface area contributed by atoms with Crippen LogP contribution >= 0.6 is 11.3 Å². The van der Waals surface area contributed by atoms with E-state index in [-0.39, 0.29) is 21.1 Å². The molecule has 0 aliphatic heterocycles. The van der Waals surface area contributed by atoms with Gasteiger partial charge in [-0.15, -0.1) is 11.3 Å². The molecule has 10 heteroatoms. The number of hydrogen-bond acceptors (Lipinski definition) is 6. The van der Waals surface area contributed by atoms with Crippen molar-refractivity contribution < 1.29 is 27.5 Å². The zero-order valence-corrected chi connectivity index (χ0v) is 12.1. The van der Waals surface area contributed by atoms with Crippen LogP contribution in [-0.2, 0) is 4.74 Å². The van der Waals surface area contributed by atoms with Gasteiger partial charge in [-0.2, -0.15) is 13.2 Å². The normalized spacial score (nSPS) is 11.3. The van der Waals surface area contributed by atoms with Crippen molar-refractivity contribution in [3.63, 3.8) is 0 Å². The third kappa shape index (κ3) is 4.00. The molecule has 0 spiro atoms. The largest absolute Gasteiger partial charge is 0.465 e. The molecule has 4 N–H and O–H groups in total. The number of carbonyl (C=O) groups excluding carboxylic acids is 2. The van der Waals surface area contributed by atoms with Crippen molar-refractivity contribution in [3.8, 4) is 0 Å². The molecule has 1 amide bonds. The zero-order valence-electron chi connectivity index (χ0n) is 11.3. The van der Waals surface area contributed by atoms with Crippen LogP contribution in [0, 0.1) is 0 Å². The van der Waals surface area contributed by atoms with E-state index in [1.807, 2.05) is 0 Å². The number of primary amides is 1. The Kier molecular flexibility index (Phi) is 5.05. The Hall–Kier alpha value is -1.97. The highest BCUT2D eigenvalue weighted by Gasteiger charge is 2.30. The molecule has 0 bridgehead atoms. The quantitative estimate of drug-likeness (QED) is 0.801. The lowest BCUT2D eigenvalue weighted by molar-refractivity contribution is -0.132. The van der Waals surface area contributed by atoms with E-state index in [1.54, 1.807) is 0 Å². The molecular formula is C11H14F3N3O3S. The molecule has 0 fully saturated rings. The minimum absolute atomic E-state index is 0.0933. The number of anilines is 2. The summed E-state index contributed by atoms with van der Waals surface area (Å²) < 4.78 is 41.3. The second-order valence-corrected chi connectivity index (χ2v) is 5.17. The van der Waals surface area contributed by atoms with Gasteiger partial charge in [-0.3, -0.25) is 4.79 Å². The van der Waals surface area contributed by atoms with E-state index >= 15 is 0 Å². The maximum absolute atomic E-state index is 12.3. The number of carbonyl (C=O) groups is 2. The molecule has 21 heavy (non-hydrogen) atoms. The Morgan fingerprint density at radius 3 is 2.38 bits per heavy atom. The van der Waals surface area contributed by atoms with Crippen LogP contribution in [0.25, 0.3) is 0 Å². The van der Waals surface area contributed by atoms with Gasteiger partial charge in [0.2, 0.25) is 0 Å². The van der Waals surface area contributed by atoms with E-state index in [1.165, 1.54) is 11.9 Å². The maximum Gasteiger partial charge on any atom is 0.390 e. The molecule has 0 saturated heterocycles. The summed E-state index contributed by atoms with van der Waals surface area (Å²) in [5.74, 6) is -1.71. The first-order valence-electron chi connectivity index (χ1n) is 5.66. The standard InChI is InChI=1S/C11H14F3N3O3S/c1-17(4-3-11(12,13)14)9-5(10(19)20-2)6(15)7(21-9)8(16)18/h3-4,15H2,1-2H3,(H2,16,18). The predicted octanol–water partition coefficient (Wildman–Crippen LogP) is 1.60. The fourth-order valence-corrected chi connectivity index (χ4v) is 2.63. The summed E-state index contributed by atoms with van der Waals surface area (Å²) in [6.07, 6.45) is -5.41. The van der Waals surface area contributed by atoms with Crippen molar-refractivity contribution in [2.24, 2.45) is 5.73 Å². The van der Waals surface area contributed by atoms with Crippen molar-refractivity contribution in [2.75, 3.05) is 31.3 Å². The number of ether oxygens (including phenoxy) is 1. The monoisotopic (exact) mass is 325 g/mol. The van der Waals surface area contributed by atoms with Crippen LogP contribution in [0.2, 0.25) is 0 Å². The van der Waals surface area contributed by atoms with Gasteiger partial charge in [-0.25, -0.2) is 4.79 Å². The first-order chi connectivity index (χ1) is 9.58. The van der Waals surface area contributed by atoms with Crippen molar-refractivity contribution in [1.82, 2.24) is 0 Å². The maximum atomic E-state index is 12.3. The highest BCUT2D eigenvalue weighted by atomic mass is 32.1. The number of hydrogen-bond donors (Lipinski definition) is 2. The molecule has 6 nitrogen and oxygen atoms in total. The van der Waals surface area contributed by atoms with Crippen molar-refractivity contribution in [1.29, 1.82) is 0 Å². The van der Waals surface area contributed by atoms with E-state index < -0.39 is 31.0 Å². The van der Waals surface area contributed by atoms with Gasteiger partial charge in [0.15, 0.2) is 0 Å². The third-order valence-corrected chi connectivity index (χ3v) is 3.95. The summed E-state index contributed by atoms with van der Waals surface area (Å²) in [7, 11) is 2.46. The summed E-state index contributed by atoms with van der Waals surface area (Å²) >= 11 is 0.755. The number of nitrogens with zero attached hydrogens (tertiary/aromatic N) is 1. The molecule has 1 aromatic heterocycles. The summed E-state index contributed by atoms with van der Waals surface area (Å²) in [5, 5.41) is 0.109. The van der Waals surface area contributed by atoms with Crippen molar-refractivity contribution >= 4 is 33.9 Å². The van der Waals surface area contributed by atoms with Crippen LogP contribution in [0.3, 0.4) is 0 Å². The smallest absolute Gasteiger partial charge is 0.390 e. The van der Waals surface area contributed by atoms with Crippen molar-refractivity contribution in [3.05, 3.63) is 10.4 Å².